The lowest BCUT2D eigenvalue weighted by Crippen LogP contribution is -2.12. The molecular formula is C56H44N4O12. The number of aliphatic imine (C=N–C) groups is 4. The zero-order valence-corrected chi connectivity index (χ0v) is 38.4. The first-order valence-corrected chi connectivity index (χ1v) is 22.8. The van der Waals surface area contributed by atoms with E-state index in [2.05, 4.69) is 0 Å². The van der Waals surface area contributed by atoms with Crippen molar-refractivity contribution in [3.05, 3.63) is 191 Å². The summed E-state index contributed by atoms with van der Waals surface area (Å²) in [6, 6.07) is 28.5. The molecule has 4 aromatic carbocycles. The highest BCUT2D eigenvalue weighted by Crippen LogP contribution is 2.51. The largest absolute Gasteiger partial charge is 0.492 e. The smallest absolute Gasteiger partial charge is 0.306 e. The van der Waals surface area contributed by atoms with Gasteiger partial charge in [0.2, 0.25) is 0 Å². The number of aliphatic carboxylic acids is 4. The van der Waals surface area contributed by atoms with Gasteiger partial charge < -0.3 is 39.4 Å². The summed E-state index contributed by atoms with van der Waals surface area (Å²) in [7, 11) is 0. The van der Waals surface area contributed by atoms with Crippen molar-refractivity contribution in [2.45, 2.75) is 25.7 Å². The van der Waals surface area contributed by atoms with Crippen LogP contribution in [0.15, 0.2) is 188 Å². The number of carboxylic acids is 4. The molecule has 0 radical (unpaired) electrons. The number of benzene rings is 4. The minimum absolute atomic E-state index is 0.136. The highest BCUT2D eigenvalue weighted by molar-refractivity contribution is 6.51. The summed E-state index contributed by atoms with van der Waals surface area (Å²) >= 11 is 0. The molecule has 360 valence electrons. The number of carbonyl (C=O) groups is 4. The highest BCUT2D eigenvalue weighted by Gasteiger charge is 2.36. The van der Waals surface area contributed by atoms with Gasteiger partial charge >= 0.3 is 23.9 Å². The molecule has 16 nitrogen and oxygen atoms in total. The lowest BCUT2D eigenvalue weighted by molar-refractivity contribution is -0.138. The van der Waals surface area contributed by atoms with Crippen molar-refractivity contribution in [2.75, 3.05) is 26.4 Å². The second-order valence-corrected chi connectivity index (χ2v) is 16.4. The predicted octanol–water partition coefficient (Wildman–Crippen LogP) is 9.10. The molecule has 0 amide bonds. The molecule has 0 aromatic heterocycles. The molecule has 9 rings (SSSR count). The van der Waals surface area contributed by atoms with E-state index in [0.717, 1.165) is 0 Å². The van der Waals surface area contributed by atoms with Crippen molar-refractivity contribution in [3.63, 3.8) is 0 Å². The SMILES string of the molecule is O=C(O)CCOc1ccccc1C1=CC2=CC3=NC(=CC4=NC(=CC5=NC(=C(c6ccccc6OCCC(=O)O)C1=N2)C(c1ccccc1OCCC(=O)O)=C5c1ccccc1OCCC(=O)O)C=C4)C=C3. The number of para-hydroxylation sites is 4. The van der Waals surface area contributed by atoms with Crippen molar-refractivity contribution in [1.29, 1.82) is 0 Å². The van der Waals surface area contributed by atoms with E-state index in [9.17, 15) is 39.6 Å². The van der Waals surface area contributed by atoms with Crippen molar-refractivity contribution < 1.29 is 58.6 Å². The molecule has 4 aromatic rings. The maximum absolute atomic E-state index is 11.9. The molecule has 8 bridgehead atoms. The zero-order chi connectivity index (χ0) is 50.1. The topological polar surface area (TPSA) is 236 Å². The van der Waals surface area contributed by atoms with Crippen LogP contribution in [0.5, 0.6) is 23.0 Å². The zero-order valence-electron chi connectivity index (χ0n) is 38.4. The third-order valence-electron chi connectivity index (χ3n) is 11.4. The van der Waals surface area contributed by atoms with Gasteiger partial charge in [0.15, 0.2) is 0 Å². The number of hydrogen-bond donors (Lipinski definition) is 4. The van der Waals surface area contributed by atoms with Crippen LogP contribution in [-0.4, -0.2) is 93.6 Å². The van der Waals surface area contributed by atoms with Crippen LogP contribution in [0.2, 0.25) is 0 Å². The van der Waals surface area contributed by atoms with Crippen molar-refractivity contribution >= 4 is 69.0 Å². The van der Waals surface area contributed by atoms with Crippen molar-refractivity contribution in [2.24, 2.45) is 20.0 Å². The molecule has 0 atom stereocenters. The van der Waals surface area contributed by atoms with Gasteiger partial charge in [-0.15, -0.1) is 0 Å². The van der Waals surface area contributed by atoms with E-state index in [1.165, 1.54) is 0 Å². The fourth-order valence-corrected chi connectivity index (χ4v) is 8.33. The van der Waals surface area contributed by atoms with Crippen LogP contribution in [0.25, 0.3) is 22.3 Å². The molecule has 0 aliphatic carbocycles. The third kappa shape index (κ3) is 10.9. The Morgan fingerprint density at radius 1 is 0.389 bits per heavy atom. The molecular weight excluding hydrogens is 921 g/mol. The van der Waals surface area contributed by atoms with Gasteiger partial charge in [0, 0.05) is 44.5 Å². The van der Waals surface area contributed by atoms with Gasteiger partial charge in [0.05, 0.1) is 97.7 Å². The molecule has 0 fully saturated rings. The maximum Gasteiger partial charge on any atom is 0.306 e. The Kier molecular flexibility index (Phi) is 14.2. The predicted molar refractivity (Wildman–Crippen MR) is 271 cm³/mol. The monoisotopic (exact) mass is 964 g/mol. The molecule has 5 aliphatic heterocycles. The Hall–Kier alpha value is -9.44. The van der Waals surface area contributed by atoms with Gasteiger partial charge in [0.1, 0.15) is 23.0 Å². The summed E-state index contributed by atoms with van der Waals surface area (Å²) in [5.41, 5.74) is 7.82. The van der Waals surface area contributed by atoms with Gasteiger partial charge in [-0.2, -0.15) is 0 Å². The third-order valence-corrected chi connectivity index (χ3v) is 11.4. The number of hydrogen-bond acceptors (Lipinski definition) is 12. The number of fused-ring (bicyclic) bond motifs is 4. The van der Waals surface area contributed by atoms with E-state index < -0.39 is 23.9 Å². The lowest BCUT2D eigenvalue weighted by atomic mass is 9.85. The summed E-state index contributed by atoms with van der Waals surface area (Å²) in [5.74, 6) is -2.91. The summed E-state index contributed by atoms with van der Waals surface area (Å²) < 4.78 is 25.1. The molecule has 0 spiro atoms. The number of nitrogens with zero attached hydrogens (tertiary/aromatic N) is 4. The first-order valence-electron chi connectivity index (χ1n) is 22.8. The average molecular weight is 965 g/mol. The Labute approximate surface area is 412 Å². The first kappa shape index (κ1) is 47.6. The Morgan fingerprint density at radius 2 is 0.778 bits per heavy atom. The van der Waals surface area contributed by atoms with Crippen LogP contribution in [0.4, 0.5) is 0 Å². The Bertz CT molecular complexity index is 3320. The molecule has 0 unspecified atom stereocenters. The van der Waals surface area contributed by atoms with Crippen LogP contribution in [0.3, 0.4) is 0 Å². The molecule has 5 heterocycles. The minimum Gasteiger partial charge on any atom is -0.492 e. The number of carboxylic acid groups (broad SMARTS) is 4. The molecule has 5 aliphatic rings. The number of rotatable bonds is 20. The highest BCUT2D eigenvalue weighted by atomic mass is 16.5. The standard InChI is InChI=1S/C56H44N4O12/c61-48(62)21-25-69-44-13-5-1-9-38(44)42-31-37-30-35-18-17-33(57-35)29-34-19-20-36(58-34)32-43-52(39-10-2-6-14-45(39)70-26-22-49(63)64)53(40-11-3-7-15-46(40)71-27-23-50(65)66)56(60-43)54(55(42)59-37)41-12-4-8-16-47(41)72-28-24-51(67)68/h1-20,29-32H,21-28H2,(H,61,62)(H,63,64)(H,65,66)(H,67,68). The van der Waals surface area contributed by atoms with Gasteiger partial charge in [-0.25, -0.2) is 20.0 Å². The van der Waals surface area contributed by atoms with E-state index in [0.29, 0.717) is 113 Å². The fraction of sp³-hybridized carbons (Fsp3) is 0.143. The number of allylic oxidation sites excluding steroid dienone is 12. The second kappa shape index (κ2) is 21.5. The second-order valence-electron chi connectivity index (χ2n) is 16.4. The summed E-state index contributed by atoms with van der Waals surface area (Å²) in [6.45, 7) is -0.677. The molecule has 0 saturated carbocycles. The van der Waals surface area contributed by atoms with E-state index >= 15 is 0 Å². The van der Waals surface area contributed by atoms with E-state index in [1.807, 2.05) is 91.1 Å². The lowest BCUT2D eigenvalue weighted by Gasteiger charge is -2.21. The van der Waals surface area contributed by atoms with E-state index in [4.69, 9.17) is 38.9 Å². The van der Waals surface area contributed by atoms with Crippen LogP contribution < -0.4 is 18.9 Å². The Balaban J connectivity index is 1.42. The van der Waals surface area contributed by atoms with E-state index in [-0.39, 0.29) is 52.1 Å². The van der Waals surface area contributed by atoms with Gasteiger partial charge in [-0.1, -0.05) is 72.8 Å². The van der Waals surface area contributed by atoms with Crippen LogP contribution in [-0.2, 0) is 19.2 Å². The number of ether oxygens (including phenoxy) is 4. The summed E-state index contributed by atoms with van der Waals surface area (Å²) in [5, 5.41) is 38.6. The van der Waals surface area contributed by atoms with Crippen LogP contribution in [0.1, 0.15) is 47.9 Å². The first-order chi connectivity index (χ1) is 35.0. The summed E-state index contributed by atoms with van der Waals surface area (Å²) in [4.78, 5) is 67.9. The van der Waals surface area contributed by atoms with Gasteiger partial charge in [-0.3, -0.25) is 19.2 Å². The molecule has 72 heavy (non-hydrogen) atoms. The van der Waals surface area contributed by atoms with Crippen molar-refractivity contribution in [3.8, 4) is 23.0 Å². The average Bonchev–Trinajstić information content (AvgIpc) is 4.17. The molecule has 16 heteroatoms. The van der Waals surface area contributed by atoms with Crippen molar-refractivity contribution in [1.82, 2.24) is 0 Å². The summed E-state index contributed by atoms with van der Waals surface area (Å²) in [6.07, 6.45) is 13.6. The minimum atomic E-state index is -1.07. The molecule has 0 saturated heterocycles. The maximum atomic E-state index is 11.9. The van der Waals surface area contributed by atoms with Crippen LogP contribution >= 0.6 is 0 Å². The van der Waals surface area contributed by atoms with Gasteiger partial charge in [0.25, 0.3) is 0 Å². The normalized spacial score (nSPS) is 15.4. The fourth-order valence-electron chi connectivity index (χ4n) is 8.33. The van der Waals surface area contributed by atoms with Crippen LogP contribution in [0, 0.1) is 0 Å². The molecule has 4 N–H and O–H groups in total. The van der Waals surface area contributed by atoms with Gasteiger partial charge in [-0.05, 0) is 72.9 Å². The Morgan fingerprint density at radius 3 is 1.25 bits per heavy atom. The van der Waals surface area contributed by atoms with E-state index in [1.54, 1.807) is 54.6 Å². The quantitative estimate of drug-likeness (QED) is 0.0649.